The first-order valence-corrected chi connectivity index (χ1v) is 16.5. The van der Waals surface area contributed by atoms with E-state index in [1.165, 1.54) is 9.80 Å². The molecule has 0 saturated carbocycles. The van der Waals surface area contributed by atoms with E-state index in [0.717, 1.165) is 16.9 Å². The minimum absolute atomic E-state index is 0.0339. The third-order valence-corrected chi connectivity index (χ3v) is 8.07. The van der Waals surface area contributed by atoms with Gasteiger partial charge in [0.25, 0.3) is 0 Å². The van der Waals surface area contributed by atoms with Crippen LogP contribution in [-0.4, -0.2) is 108 Å². The quantitative estimate of drug-likeness (QED) is 0.210. The van der Waals surface area contributed by atoms with Crippen LogP contribution in [0.2, 0.25) is 0 Å². The molecule has 0 radical (unpaired) electrons. The lowest BCUT2D eigenvalue weighted by Crippen LogP contribution is -2.41. The summed E-state index contributed by atoms with van der Waals surface area (Å²) >= 11 is 0. The highest BCUT2D eigenvalue weighted by Gasteiger charge is 2.41. The fourth-order valence-corrected chi connectivity index (χ4v) is 5.85. The van der Waals surface area contributed by atoms with Crippen molar-refractivity contribution in [1.82, 2.24) is 34.3 Å². The topological polar surface area (TPSA) is 174 Å². The van der Waals surface area contributed by atoms with Crippen molar-refractivity contribution in [2.24, 2.45) is 0 Å². The molecule has 15 nitrogen and oxygen atoms in total. The number of aryl methyl sites for hydroxylation is 1. The zero-order valence-electron chi connectivity index (χ0n) is 29.2. The molecule has 3 atom stereocenters. The van der Waals surface area contributed by atoms with E-state index in [2.05, 4.69) is 15.3 Å². The number of aliphatic carboxylic acids is 1. The SMILES string of the molecule is CCO[C@@H](CN(C)C(=O)OC(C)(C)C)Cn1c(C)nc2ccnc(-c3ccnc(N[C@H]4C[C@@H](C(=O)O)N(C(=O)OCc5ccccc5)C4)n3)c21. The number of amides is 2. The van der Waals surface area contributed by atoms with Crippen LogP contribution >= 0.6 is 0 Å². The van der Waals surface area contributed by atoms with Crippen LogP contribution in [0.5, 0.6) is 0 Å². The lowest BCUT2D eigenvalue weighted by Gasteiger charge is -2.28. The van der Waals surface area contributed by atoms with Crippen molar-refractivity contribution in [1.29, 1.82) is 0 Å². The molecule has 0 unspecified atom stereocenters. The highest BCUT2D eigenvalue weighted by Crippen LogP contribution is 2.28. The van der Waals surface area contributed by atoms with Gasteiger partial charge in [0.15, 0.2) is 0 Å². The highest BCUT2D eigenvalue weighted by atomic mass is 16.6. The molecule has 1 fully saturated rings. The van der Waals surface area contributed by atoms with E-state index in [0.29, 0.717) is 30.1 Å². The summed E-state index contributed by atoms with van der Waals surface area (Å²) in [6.07, 6.45) is 1.86. The van der Waals surface area contributed by atoms with Gasteiger partial charge in [-0.3, -0.25) is 9.88 Å². The van der Waals surface area contributed by atoms with Gasteiger partial charge in [0.1, 0.15) is 29.8 Å². The van der Waals surface area contributed by atoms with Crippen LogP contribution in [0.4, 0.5) is 15.5 Å². The van der Waals surface area contributed by atoms with Gasteiger partial charge in [-0.05, 0) is 52.3 Å². The summed E-state index contributed by atoms with van der Waals surface area (Å²) < 4.78 is 19.0. The van der Waals surface area contributed by atoms with Crippen LogP contribution in [0.25, 0.3) is 22.4 Å². The molecule has 0 aliphatic carbocycles. The maximum Gasteiger partial charge on any atom is 0.410 e. The van der Waals surface area contributed by atoms with Gasteiger partial charge in [-0.25, -0.2) is 29.3 Å². The number of ether oxygens (including phenoxy) is 3. The maximum absolute atomic E-state index is 12.9. The van der Waals surface area contributed by atoms with E-state index in [9.17, 15) is 19.5 Å². The molecule has 1 aliphatic rings. The number of anilines is 1. The molecule has 4 heterocycles. The number of nitrogens with one attached hydrogen (secondary N) is 1. The van der Waals surface area contributed by atoms with Crippen LogP contribution < -0.4 is 5.32 Å². The second-order valence-electron chi connectivity index (χ2n) is 13.1. The second kappa shape index (κ2) is 15.5. The summed E-state index contributed by atoms with van der Waals surface area (Å²) in [5.41, 5.74) is 2.69. The van der Waals surface area contributed by atoms with E-state index in [1.807, 2.05) is 75.6 Å². The van der Waals surface area contributed by atoms with E-state index < -0.39 is 35.8 Å². The molecule has 1 saturated heterocycles. The lowest BCUT2D eigenvalue weighted by molar-refractivity contribution is -0.141. The molecule has 2 amide bonds. The van der Waals surface area contributed by atoms with Crippen molar-refractivity contribution >= 4 is 35.1 Å². The Morgan fingerprint density at radius 3 is 2.52 bits per heavy atom. The summed E-state index contributed by atoms with van der Waals surface area (Å²) in [7, 11) is 1.68. The average Bonchev–Trinajstić information content (AvgIpc) is 3.64. The van der Waals surface area contributed by atoms with E-state index in [-0.39, 0.29) is 38.2 Å². The normalized spacial score (nSPS) is 16.6. The first kappa shape index (κ1) is 36.0. The number of carbonyl (C=O) groups is 3. The molecule has 0 spiro atoms. The summed E-state index contributed by atoms with van der Waals surface area (Å²) in [4.78, 5) is 59.0. The fourth-order valence-electron chi connectivity index (χ4n) is 5.85. The van der Waals surface area contributed by atoms with Crippen LogP contribution in [0.1, 0.15) is 45.5 Å². The minimum Gasteiger partial charge on any atom is -0.480 e. The number of aromatic nitrogens is 5. The van der Waals surface area contributed by atoms with Crippen molar-refractivity contribution in [2.75, 3.05) is 32.1 Å². The van der Waals surface area contributed by atoms with Gasteiger partial charge in [0, 0.05) is 45.1 Å². The Kier molecular flexibility index (Phi) is 11.1. The average molecular weight is 689 g/mol. The largest absolute Gasteiger partial charge is 0.480 e. The minimum atomic E-state index is -1.12. The van der Waals surface area contributed by atoms with Crippen molar-refractivity contribution in [2.45, 2.75) is 78.0 Å². The predicted molar refractivity (Wildman–Crippen MR) is 184 cm³/mol. The Balaban J connectivity index is 1.34. The predicted octanol–water partition coefficient (Wildman–Crippen LogP) is 4.74. The Morgan fingerprint density at radius 1 is 1.08 bits per heavy atom. The Labute approximate surface area is 290 Å². The van der Waals surface area contributed by atoms with Crippen molar-refractivity contribution < 1.29 is 33.7 Å². The van der Waals surface area contributed by atoms with Crippen molar-refractivity contribution in [3.8, 4) is 11.4 Å². The lowest BCUT2D eigenvalue weighted by atomic mass is 10.2. The number of likely N-dealkylation sites (tertiary alicyclic amines) is 1. The van der Waals surface area contributed by atoms with Crippen molar-refractivity contribution in [3.63, 3.8) is 0 Å². The number of nitrogens with zero attached hydrogens (tertiary/aromatic N) is 7. The van der Waals surface area contributed by atoms with Crippen LogP contribution in [0, 0.1) is 6.92 Å². The van der Waals surface area contributed by atoms with Gasteiger partial charge in [0.05, 0.1) is 35.9 Å². The maximum atomic E-state index is 12.9. The van der Waals surface area contributed by atoms with Gasteiger partial charge in [0.2, 0.25) is 5.95 Å². The van der Waals surface area contributed by atoms with Crippen LogP contribution in [0.15, 0.2) is 54.9 Å². The number of rotatable bonds is 12. The zero-order valence-corrected chi connectivity index (χ0v) is 29.2. The number of hydrogen-bond donors (Lipinski definition) is 2. The third kappa shape index (κ3) is 8.83. The third-order valence-electron chi connectivity index (χ3n) is 8.07. The first-order valence-electron chi connectivity index (χ1n) is 16.5. The number of likely N-dealkylation sites (N-methyl/N-ethyl adjacent to an activating group) is 1. The molecule has 5 rings (SSSR count). The molecule has 15 heteroatoms. The summed E-state index contributed by atoms with van der Waals surface area (Å²) in [5, 5.41) is 13.1. The van der Waals surface area contributed by atoms with E-state index in [1.54, 1.807) is 25.5 Å². The van der Waals surface area contributed by atoms with Gasteiger partial charge in [-0.2, -0.15) is 0 Å². The highest BCUT2D eigenvalue weighted by molar-refractivity contribution is 5.89. The van der Waals surface area contributed by atoms with Gasteiger partial charge in [-0.1, -0.05) is 30.3 Å². The summed E-state index contributed by atoms with van der Waals surface area (Å²) in [6.45, 7) is 10.5. The number of benzene rings is 1. The molecule has 1 aliphatic heterocycles. The number of pyridine rings is 1. The van der Waals surface area contributed by atoms with Gasteiger partial charge < -0.3 is 34.1 Å². The second-order valence-corrected chi connectivity index (χ2v) is 13.1. The number of carbonyl (C=O) groups excluding carboxylic acids is 2. The summed E-state index contributed by atoms with van der Waals surface area (Å²) in [5.74, 6) is -0.136. The smallest absolute Gasteiger partial charge is 0.410 e. The molecule has 1 aromatic carbocycles. The molecule has 50 heavy (non-hydrogen) atoms. The number of imidazole rings is 1. The molecule has 0 bridgehead atoms. The molecular formula is C35H44N8O7. The summed E-state index contributed by atoms with van der Waals surface area (Å²) in [6, 6.07) is 11.2. The molecule has 3 aromatic heterocycles. The first-order chi connectivity index (χ1) is 23.8. The van der Waals surface area contributed by atoms with E-state index >= 15 is 0 Å². The fraction of sp³-hybridized carbons (Fsp3) is 0.457. The monoisotopic (exact) mass is 688 g/mol. The Bertz CT molecular complexity index is 1810. The Morgan fingerprint density at radius 2 is 1.82 bits per heavy atom. The van der Waals surface area contributed by atoms with Crippen LogP contribution in [-0.2, 0) is 32.2 Å². The van der Waals surface area contributed by atoms with Gasteiger partial charge in [-0.15, -0.1) is 0 Å². The molecule has 4 aromatic rings. The number of fused-ring (bicyclic) bond motifs is 1. The van der Waals surface area contributed by atoms with Crippen molar-refractivity contribution in [3.05, 3.63) is 66.2 Å². The Hall–Kier alpha value is -5.31. The standard InChI is InChI=1S/C35H44N8O7/c1-7-48-25(19-41(6)33(46)50-35(3,4)5)20-42-22(2)38-27-14-15-36-29(30(27)42)26-13-16-37-32(40-26)39-24-17-28(31(44)45)43(18-24)34(47)49-21-23-11-9-8-10-12-23/h8-16,24-25,28H,7,17-21H2,1-6H3,(H,44,45)(H,37,39,40)/t24-,25-,28-/m0/s1. The zero-order chi connectivity index (χ0) is 36.0. The number of carboxylic acid groups (broad SMARTS) is 1. The molecular weight excluding hydrogens is 644 g/mol. The van der Waals surface area contributed by atoms with Crippen LogP contribution in [0.3, 0.4) is 0 Å². The number of hydrogen-bond acceptors (Lipinski definition) is 11. The van der Waals surface area contributed by atoms with Gasteiger partial charge >= 0.3 is 18.2 Å². The molecule has 266 valence electrons. The van der Waals surface area contributed by atoms with E-state index in [4.69, 9.17) is 24.2 Å². The molecule has 2 N–H and O–H groups in total. The number of carboxylic acids is 1.